The predicted molar refractivity (Wildman–Crippen MR) is 130 cm³/mol. The number of hydrogen-bond donors (Lipinski definition) is 4. The summed E-state index contributed by atoms with van der Waals surface area (Å²) in [5, 5.41) is 18.4. The van der Waals surface area contributed by atoms with E-state index in [-0.39, 0.29) is 24.8 Å². The van der Waals surface area contributed by atoms with Gasteiger partial charge in [0.15, 0.2) is 0 Å². The van der Waals surface area contributed by atoms with Gasteiger partial charge in [-0.05, 0) is 13.3 Å². The average Bonchev–Trinajstić information content (AvgIpc) is 2.83. The quantitative estimate of drug-likeness (QED) is 0.163. The van der Waals surface area contributed by atoms with Crippen LogP contribution in [0, 0.1) is 0 Å². The maximum Gasteiger partial charge on any atom is 0.317 e. The molecule has 1 fully saturated rings. The molecule has 0 radical (unpaired) electrons. The molecule has 0 aromatic heterocycles. The van der Waals surface area contributed by atoms with Crippen molar-refractivity contribution in [1.29, 1.82) is 0 Å². The van der Waals surface area contributed by atoms with Crippen molar-refractivity contribution in [3.63, 3.8) is 0 Å². The number of nitrogens with two attached hydrogens (primary N) is 1. The van der Waals surface area contributed by atoms with Crippen molar-refractivity contribution in [3.8, 4) is 0 Å². The Balaban J connectivity index is 0.00000209. The molecule has 0 aliphatic carbocycles. The fraction of sp³-hybridized carbons (Fsp3) is 0.810. The summed E-state index contributed by atoms with van der Waals surface area (Å²) in [6.07, 6.45) is 2.00. The number of carboxylic acids is 2. The normalized spacial score (nSPS) is 14.5. The fourth-order valence-corrected chi connectivity index (χ4v) is 3.21. The van der Waals surface area contributed by atoms with Crippen molar-refractivity contribution in [2.75, 3.05) is 92.2 Å². The fourth-order valence-electron chi connectivity index (χ4n) is 2.69. The molecular formula is C21H40N4O9S. The number of carboxylic acid groups (broad SMARTS) is 2. The first-order valence-corrected chi connectivity index (χ1v) is 12.6. The third-order valence-corrected chi connectivity index (χ3v) is 5.67. The van der Waals surface area contributed by atoms with E-state index in [2.05, 4.69) is 23.0 Å². The van der Waals surface area contributed by atoms with Gasteiger partial charge in [-0.2, -0.15) is 0 Å². The molecule has 0 bridgehead atoms. The zero-order valence-electron chi connectivity index (χ0n) is 20.6. The molecule has 1 unspecified atom stereocenters. The number of ether oxygens (including phenoxy) is 3. The molecule has 13 nitrogen and oxygen atoms in total. The average molecular weight is 525 g/mol. The molecule has 0 saturated carbocycles. The van der Waals surface area contributed by atoms with Crippen molar-refractivity contribution < 1.29 is 43.6 Å². The second-order valence-corrected chi connectivity index (χ2v) is 8.53. The summed E-state index contributed by atoms with van der Waals surface area (Å²) in [5.41, 5.74) is 4.57. The summed E-state index contributed by atoms with van der Waals surface area (Å²) >= 11 is 1.14. The van der Waals surface area contributed by atoms with Gasteiger partial charge in [-0.3, -0.25) is 19.2 Å². The monoisotopic (exact) mass is 524 g/mol. The molecule has 1 rings (SSSR count). The molecule has 1 heterocycles. The summed E-state index contributed by atoms with van der Waals surface area (Å²) in [7, 11) is 2.06. The first-order valence-electron chi connectivity index (χ1n) is 11.3. The van der Waals surface area contributed by atoms with Crippen LogP contribution in [0.5, 0.6) is 0 Å². The number of amides is 2. The van der Waals surface area contributed by atoms with E-state index in [1.165, 1.54) is 0 Å². The number of thioether (sulfide) groups is 1. The molecule has 1 atom stereocenters. The highest BCUT2D eigenvalue weighted by Crippen LogP contribution is 2.10. The number of carbonyl (C=O) groups is 4. The zero-order chi connectivity index (χ0) is 26.5. The lowest BCUT2D eigenvalue weighted by Crippen LogP contribution is -2.47. The number of carbonyl (C=O) groups excluding carboxylic acids is 2. The Labute approximate surface area is 210 Å². The van der Waals surface area contributed by atoms with Crippen LogP contribution in [0.2, 0.25) is 0 Å². The smallest absolute Gasteiger partial charge is 0.317 e. The van der Waals surface area contributed by atoms with Gasteiger partial charge in [0.25, 0.3) is 0 Å². The van der Waals surface area contributed by atoms with Crippen molar-refractivity contribution in [2.45, 2.75) is 18.1 Å². The van der Waals surface area contributed by atoms with Gasteiger partial charge in [0.05, 0.1) is 52.6 Å². The second kappa shape index (κ2) is 21.3. The van der Waals surface area contributed by atoms with E-state index >= 15 is 0 Å². The number of rotatable bonds is 17. The third-order valence-electron chi connectivity index (χ3n) is 4.73. The summed E-state index contributed by atoms with van der Waals surface area (Å²) in [6.45, 7) is 5.80. The summed E-state index contributed by atoms with van der Waals surface area (Å²) in [4.78, 5) is 47.8. The highest BCUT2D eigenvalue weighted by molar-refractivity contribution is 7.99. The Bertz CT molecular complexity index is 620. The lowest BCUT2D eigenvalue weighted by atomic mass is 10.3. The number of likely N-dealkylation sites (N-methyl/N-ethyl adjacent to an activating group) is 1. The van der Waals surface area contributed by atoms with Crippen LogP contribution in [0.4, 0.5) is 0 Å². The Morgan fingerprint density at radius 1 is 0.943 bits per heavy atom. The Kier molecular flexibility index (Phi) is 20.1. The number of nitrogens with zero attached hydrogens (tertiary/aromatic N) is 2. The van der Waals surface area contributed by atoms with Gasteiger partial charge in [0.2, 0.25) is 11.8 Å². The van der Waals surface area contributed by atoms with Gasteiger partial charge in [-0.15, -0.1) is 11.8 Å². The number of nitrogens with one attached hydrogen (secondary N) is 1. The van der Waals surface area contributed by atoms with Gasteiger partial charge < -0.3 is 45.3 Å². The first-order chi connectivity index (χ1) is 16.7. The minimum Gasteiger partial charge on any atom is -0.480 e. The molecule has 1 aliphatic heterocycles. The summed E-state index contributed by atoms with van der Waals surface area (Å²) in [5.74, 6) is -2.13. The van der Waals surface area contributed by atoms with Crippen molar-refractivity contribution in [3.05, 3.63) is 0 Å². The van der Waals surface area contributed by atoms with Crippen molar-refractivity contribution in [2.24, 2.45) is 5.73 Å². The predicted octanol–water partition coefficient (Wildman–Crippen LogP) is -1.45. The third kappa shape index (κ3) is 19.0. The molecule has 5 N–H and O–H groups in total. The van der Waals surface area contributed by atoms with E-state index in [1.807, 2.05) is 4.90 Å². The Morgan fingerprint density at radius 2 is 1.46 bits per heavy atom. The molecule has 1 saturated heterocycles. The molecule has 14 heteroatoms. The summed E-state index contributed by atoms with van der Waals surface area (Å²) < 4.78 is 16.2. The van der Waals surface area contributed by atoms with E-state index in [4.69, 9.17) is 24.4 Å². The standard InChI is InChI=1S/C19H35N3O7S.C2H5NO2/c1-21-5-7-22(8-6-21)18(24)3-9-27-11-13-29-14-12-28-10-4-20-17(23)15-16(30-2)19(25)26;3-1-2(4)5/h16H,3-15H2,1-2H3,(H,20,23)(H,25,26);1,3H2,(H,4,5). The lowest BCUT2D eigenvalue weighted by molar-refractivity contribution is -0.138. The maximum atomic E-state index is 12.0. The van der Waals surface area contributed by atoms with Crippen LogP contribution in [0.1, 0.15) is 12.8 Å². The van der Waals surface area contributed by atoms with Gasteiger partial charge in [-0.25, -0.2) is 0 Å². The van der Waals surface area contributed by atoms with Crippen molar-refractivity contribution in [1.82, 2.24) is 15.1 Å². The molecule has 0 aromatic carbocycles. The van der Waals surface area contributed by atoms with E-state index in [9.17, 15) is 19.2 Å². The van der Waals surface area contributed by atoms with Gasteiger partial charge in [0.1, 0.15) is 5.25 Å². The van der Waals surface area contributed by atoms with Crippen LogP contribution in [-0.2, 0) is 33.4 Å². The first kappa shape index (κ1) is 33.0. The largest absolute Gasteiger partial charge is 0.480 e. The molecule has 1 aliphatic rings. The van der Waals surface area contributed by atoms with Crippen LogP contribution >= 0.6 is 11.8 Å². The minimum absolute atomic E-state index is 0.0550. The Hall–Kier alpha value is -1.97. The SMILES string of the molecule is CSC(CC(=O)NCCOCCOCCOCCC(=O)N1CCN(C)CC1)C(=O)O.NCC(=O)O. The molecule has 0 aromatic rings. The molecule has 2 amide bonds. The van der Waals surface area contributed by atoms with Crippen LogP contribution in [0.25, 0.3) is 0 Å². The zero-order valence-corrected chi connectivity index (χ0v) is 21.4. The van der Waals surface area contributed by atoms with Crippen molar-refractivity contribution >= 4 is 35.5 Å². The highest BCUT2D eigenvalue weighted by Gasteiger charge is 2.20. The van der Waals surface area contributed by atoms with Crippen LogP contribution in [0.15, 0.2) is 0 Å². The number of hydrogen-bond acceptors (Lipinski definition) is 10. The molecule has 35 heavy (non-hydrogen) atoms. The molecule has 204 valence electrons. The van der Waals surface area contributed by atoms with Crippen LogP contribution in [-0.4, -0.2) is 141 Å². The summed E-state index contributed by atoms with van der Waals surface area (Å²) in [6, 6.07) is 0. The topological polar surface area (TPSA) is 181 Å². The second-order valence-electron chi connectivity index (χ2n) is 7.49. The van der Waals surface area contributed by atoms with E-state index in [0.717, 1.165) is 37.9 Å². The highest BCUT2D eigenvalue weighted by atomic mass is 32.2. The van der Waals surface area contributed by atoms with Gasteiger partial charge in [-0.1, -0.05) is 0 Å². The Morgan fingerprint density at radius 3 is 1.94 bits per heavy atom. The number of piperazine rings is 1. The van der Waals surface area contributed by atoms with Gasteiger partial charge in [0, 0.05) is 39.1 Å². The molecular weight excluding hydrogens is 484 g/mol. The van der Waals surface area contributed by atoms with E-state index < -0.39 is 17.2 Å². The van der Waals surface area contributed by atoms with Crippen LogP contribution < -0.4 is 11.1 Å². The maximum absolute atomic E-state index is 12.0. The van der Waals surface area contributed by atoms with Crippen LogP contribution in [0.3, 0.4) is 0 Å². The van der Waals surface area contributed by atoms with E-state index in [1.54, 1.807) is 6.26 Å². The molecule has 0 spiro atoms. The number of aliphatic carboxylic acids is 2. The van der Waals surface area contributed by atoms with Gasteiger partial charge >= 0.3 is 11.9 Å². The minimum atomic E-state index is -0.989. The van der Waals surface area contributed by atoms with E-state index in [0.29, 0.717) is 52.6 Å². The lowest BCUT2D eigenvalue weighted by Gasteiger charge is -2.32.